The van der Waals surface area contributed by atoms with Crippen molar-refractivity contribution in [2.75, 3.05) is 0 Å². The molecular formula is C17H20O2. The molecule has 2 nitrogen and oxygen atoms in total. The standard InChI is InChI=1S/C17H20O2/c1-12-8-14(11-17(2,3)10-12)9-13-4-6-15(7-5-13)16(18)19/h4-9H,10-11H2,1-3H3,(H,18,19)/b14-9-. The van der Waals surface area contributed by atoms with Gasteiger partial charge in [-0.05, 0) is 48.4 Å². The fourth-order valence-electron chi connectivity index (χ4n) is 2.82. The van der Waals surface area contributed by atoms with Gasteiger partial charge < -0.3 is 5.11 Å². The zero-order valence-electron chi connectivity index (χ0n) is 11.7. The van der Waals surface area contributed by atoms with Gasteiger partial charge in [-0.3, -0.25) is 0 Å². The highest BCUT2D eigenvalue weighted by Crippen LogP contribution is 2.38. The van der Waals surface area contributed by atoms with Gasteiger partial charge in [-0.2, -0.15) is 0 Å². The van der Waals surface area contributed by atoms with Crippen LogP contribution in [-0.2, 0) is 0 Å². The summed E-state index contributed by atoms with van der Waals surface area (Å²) in [4.78, 5) is 10.8. The summed E-state index contributed by atoms with van der Waals surface area (Å²) >= 11 is 0. The Kier molecular flexibility index (Phi) is 3.61. The van der Waals surface area contributed by atoms with Crippen molar-refractivity contribution in [1.29, 1.82) is 0 Å². The molecule has 0 fully saturated rings. The molecule has 2 heteroatoms. The topological polar surface area (TPSA) is 37.3 Å². The van der Waals surface area contributed by atoms with E-state index in [0.29, 0.717) is 11.0 Å². The van der Waals surface area contributed by atoms with Crippen LogP contribution in [0, 0.1) is 5.41 Å². The first-order chi connectivity index (χ1) is 8.85. The van der Waals surface area contributed by atoms with Crippen LogP contribution in [0.25, 0.3) is 6.08 Å². The Labute approximate surface area is 114 Å². The molecule has 0 aromatic heterocycles. The molecule has 1 aliphatic carbocycles. The number of rotatable bonds is 2. The van der Waals surface area contributed by atoms with Crippen molar-refractivity contribution in [1.82, 2.24) is 0 Å². The summed E-state index contributed by atoms with van der Waals surface area (Å²) in [5.41, 5.74) is 4.42. The second kappa shape index (κ2) is 5.04. The lowest BCUT2D eigenvalue weighted by Gasteiger charge is -2.30. The van der Waals surface area contributed by atoms with Crippen LogP contribution in [-0.4, -0.2) is 11.1 Å². The van der Waals surface area contributed by atoms with E-state index in [4.69, 9.17) is 5.11 Å². The molecule has 1 aromatic rings. The quantitative estimate of drug-likeness (QED) is 0.843. The Balaban J connectivity index is 2.26. The van der Waals surface area contributed by atoms with Gasteiger partial charge >= 0.3 is 5.97 Å². The van der Waals surface area contributed by atoms with Crippen molar-refractivity contribution < 1.29 is 9.90 Å². The molecule has 100 valence electrons. The maximum Gasteiger partial charge on any atom is 0.335 e. The van der Waals surface area contributed by atoms with Crippen molar-refractivity contribution in [3.8, 4) is 0 Å². The highest BCUT2D eigenvalue weighted by molar-refractivity contribution is 5.87. The number of carboxylic acid groups (broad SMARTS) is 1. The Morgan fingerprint density at radius 3 is 2.37 bits per heavy atom. The fraction of sp³-hybridized carbons (Fsp3) is 0.353. The minimum absolute atomic E-state index is 0.311. The molecule has 0 saturated carbocycles. The van der Waals surface area contributed by atoms with Crippen LogP contribution >= 0.6 is 0 Å². The van der Waals surface area contributed by atoms with Gasteiger partial charge in [0.15, 0.2) is 0 Å². The lowest BCUT2D eigenvalue weighted by Crippen LogP contribution is -2.16. The number of carboxylic acids is 1. The molecule has 0 heterocycles. The van der Waals surface area contributed by atoms with Crippen molar-refractivity contribution in [3.05, 3.63) is 52.6 Å². The van der Waals surface area contributed by atoms with Crippen LogP contribution in [0.15, 0.2) is 41.5 Å². The molecule has 1 aliphatic rings. The second-order valence-electron chi connectivity index (χ2n) is 6.15. The summed E-state index contributed by atoms with van der Waals surface area (Å²) < 4.78 is 0. The van der Waals surface area contributed by atoms with E-state index >= 15 is 0 Å². The van der Waals surface area contributed by atoms with Crippen molar-refractivity contribution in [3.63, 3.8) is 0 Å². The van der Waals surface area contributed by atoms with Crippen LogP contribution in [0.4, 0.5) is 0 Å². The molecule has 0 radical (unpaired) electrons. The third-order valence-electron chi connectivity index (χ3n) is 3.38. The van der Waals surface area contributed by atoms with E-state index in [0.717, 1.165) is 18.4 Å². The van der Waals surface area contributed by atoms with E-state index < -0.39 is 5.97 Å². The summed E-state index contributed by atoms with van der Waals surface area (Å²) in [6.45, 7) is 6.73. The van der Waals surface area contributed by atoms with Crippen LogP contribution in [0.1, 0.15) is 49.5 Å². The van der Waals surface area contributed by atoms with Gasteiger partial charge in [-0.15, -0.1) is 0 Å². The minimum Gasteiger partial charge on any atom is -0.478 e. The lowest BCUT2D eigenvalue weighted by molar-refractivity contribution is 0.0697. The highest BCUT2D eigenvalue weighted by Gasteiger charge is 2.23. The summed E-state index contributed by atoms with van der Waals surface area (Å²) in [6, 6.07) is 7.03. The monoisotopic (exact) mass is 256 g/mol. The Morgan fingerprint density at radius 1 is 1.21 bits per heavy atom. The number of hydrogen-bond acceptors (Lipinski definition) is 1. The van der Waals surface area contributed by atoms with E-state index in [2.05, 4.69) is 32.9 Å². The predicted octanol–water partition coefficient (Wildman–Crippen LogP) is 4.53. The zero-order chi connectivity index (χ0) is 14.0. The molecule has 0 aliphatic heterocycles. The first kappa shape index (κ1) is 13.6. The number of aromatic carboxylic acids is 1. The molecule has 19 heavy (non-hydrogen) atoms. The zero-order valence-corrected chi connectivity index (χ0v) is 11.7. The fourth-order valence-corrected chi connectivity index (χ4v) is 2.82. The molecular weight excluding hydrogens is 236 g/mol. The molecule has 0 saturated heterocycles. The summed E-state index contributed by atoms with van der Waals surface area (Å²) in [7, 11) is 0. The van der Waals surface area contributed by atoms with E-state index in [1.54, 1.807) is 12.1 Å². The molecule has 0 atom stereocenters. The van der Waals surface area contributed by atoms with Crippen molar-refractivity contribution in [2.24, 2.45) is 5.41 Å². The van der Waals surface area contributed by atoms with E-state index in [9.17, 15) is 4.79 Å². The largest absolute Gasteiger partial charge is 0.478 e. The lowest BCUT2D eigenvalue weighted by atomic mass is 9.75. The third kappa shape index (κ3) is 3.57. The van der Waals surface area contributed by atoms with Crippen LogP contribution in [0.3, 0.4) is 0 Å². The van der Waals surface area contributed by atoms with Crippen LogP contribution in [0.2, 0.25) is 0 Å². The molecule has 0 bridgehead atoms. The Morgan fingerprint density at radius 2 is 1.84 bits per heavy atom. The molecule has 2 rings (SSSR count). The molecule has 0 amide bonds. The number of allylic oxidation sites excluding steroid dienone is 3. The maximum atomic E-state index is 10.8. The van der Waals surface area contributed by atoms with Gasteiger partial charge in [0, 0.05) is 0 Å². The van der Waals surface area contributed by atoms with Gasteiger partial charge in [0.25, 0.3) is 0 Å². The van der Waals surface area contributed by atoms with E-state index in [1.165, 1.54) is 11.1 Å². The van der Waals surface area contributed by atoms with E-state index in [-0.39, 0.29) is 0 Å². The normalized spacial score (nSPS) is 20.2. The summed E-state index contributed by atoms with van der Waals surface area (Å²) in [5.74, 6) is -0.881. The van der Waals surface area contributed by atoms with Gasteiger partial charge in [0.05, 0.1) is 5.56 Å². The molecule has 1 N–H and O–H groups in total. The number of benzene rings is 1. The number of carbonyl (C=O) groups is 1. The first-order valence-corrected chi connectivity index (χ1v) is 6.57. The summed E-state index contributed by atoms with van der Waals surface area (Å²) in [5, 5.41) is 8.88. The Hall–Kier alpha value is -1.83. The van der Waals surface area contributed by atoms with Crippen LogP contribution in [0.5, 0.6) is 0 Å². The molecule has 1 aromatic carbocycles. The predicted molar refractivity (Wildman–Crippen MR) is 78.2 cm³/mol. The average molecular weight is 256 g/mol. The SMILES string of the molecule is CC1=C/C(=C/c2ccc(C(=O)O)cc2)CC(C)(C)C1. The smallest absolute Gasteiger partial charge is 0.335 e. The van der Waals surface area contributed by atoms with Crippen molar-refractivity contribution in [2.45, 2.75) is 33.6 Å². The maximum absolute atomic E-state index is 10.8. The van der Waals surface area contributed by atoms with Gasteiger partial charge in [0.2, 0.25) is 0 Å². The summed E-state index contributed by atoms with van der Waals surface area (Å²) in [6.07, 6.45) is 6.60. The van der Waals surface area contributed by atoms with Crippen LogP contribution < -0.4 is 0 Å². The minimum atomic E-state index is -0.881. The number of hydrogen-bond donors (Lipinski definition) is 1. The second-order valence-corrected chi connectivity index (χ2v) is 6.15. The van der Waals surface area contributed by atoms with Gasteiger partial charge in [0.1, 0.15) is 0 Å². The average Bonchev–Trinajstić information content (AvgIpc) is 2.26. The molecule has 0 spiro atoms. The highest BCUT2D eigenvalue weighted by atomic mass is 16.4. The third-order valence-corrected chi connectivity index (χ3v) is 3.38. The van der Waals surface area contributed by atoms with Gasteiger partial charge in [-0.25, -0.2) is 4.79 Å². The van der Waals surface area contributed by atoms with Crippen molar-refractivity contribution >= 4 is 12.0 Å². The van der Waals surface area contributed by atoms with E-state index in [1.807, 2.05) is 12.1 Å². The molecule has 0 unspecified atom stereocenters. The van der Waals surface area contributed by atoms with Gasteiger partial charge in [-0.1, -0.05) is 43.7 Å². The first-order valence-electron chi connectivity index (χ1n) is 6.57. The Bertz CT molecular complexity index is 545.